The highest BCUT2D eigenvalue weighted by atomic mass is 16.5. The number of hydrogen-bond acceptors (Lipinski definition) is 2. The molecule has 0 aliphatic heterocycles. The van der Waals surface area contributed by atoms with Crippen molar-refractivity contribution < 1.29 is 14.6 Å². The molecule has 3 heteroatoms. The minimum atomic E-state index is -0.835. The summed E-state index contributed by atoms with van der Waals surface area (Å²) in [7, 11) is 0. The second-order valence-electron chi connectivity index (χ2n) is 6.26. The molecule has 1 N–H and O–H groups in total. The Hall–Kier alpha value is -0.830. The average Bonchev–Trinajstić information content (AvgIpc) is 2.20. The Morgan fingerprint density at radius 3 is 2.61 bits per heavy atom. The molecule has 0 aromatic carbocycles. The summed E-state index contributed by atoms with van der Waals surface area (Å²) in [6.45, 7) is 9.10. The maximum Gasteiger partial charge on any atom is 0.331 e. The van der Waals surface area contributed by atoms with Crippen molar-refractivity contribution in [2.45, 2.75) is 59.5 Å². The zero-order chi connectivity index (χ0) is 13.8. The van der Waals surface area contributed by atoms with Gasteiger partial charge in [-0.05, 0) is 43.1 Å². The summed E-state index contributed by atoms with van der Waals surface area (Å²) in [4.78, 5) is 10.8. The first kappa shape index (κ1) is 15.2. The Bertz CT molecular complexity index is 318. The summed E-state index contributed by atoms with van der Waals surface area (Å²) in [5.41, 5.74) is 0.782. The maximum absolute atomic E-state index is 10.8. The molecule has 1 saturated carbocycles. The third-order valence-electron chi connectivity index (χ3n) is 3.66. The molecular formula is C15H26O3. The first-order valence-electron chi connectivity index (χ1n) is 6.88. The van der Waals surface area contributed by atoms with E-state index in [1.807, 2.05) is 6.92 Å². The zero-order valence-corrected chi connectivity index (χ0v) is 12.0. The molecule has 0 radical (unpaired) electrons. The topological polar surface area (TPSA) is 46.5 Å². The van der Waals surface area contributed by atoms with Gasteiger partial charge in [0.1, 0.15) is 0 Å². The van der Waals surface area contributed by atoms with E-state index in [2.05, 4.69) is 20.8 Å². The van der Waals surface area contributed by atoms with E-state index in [0.29, 0.717) is 29.9 Å². The van der Waals surface area contributed by atoms with Gasteiger partial charge < -0.3 is 9.84 Å². The van der Waals surface area contributed by atoms with Crippen molar-refractivity contribution in [2.75, 3.05) is 6.61 Å². The van der Waals surface area contributed by atoms with Crippen molar-refractivity contribution in [2.24, 2.45) is 11.3 Å². The summed E-state index contributed by atoms with van der Waals surface area (Å²) in [6.07, 6.45) is 5.93. The van der Waals surface area contributed by atoms with Gasteiger partial charge in [-0.25, -0.2) is 4.79 Å². The van der Waals surface area contributed by atoms with Crippen molar-refractivity contribution in [3.63, 3.8) is 0 Å². The second-order valence-corrected chi connectivity index (χ2v) is 6.26. The van der Waals surface area contributed by atoms with E-state index in [9.17, 15) is 4.79 Å². The number of ether oxygens (including phenoxy) is 1. The minimum Gasteiger partial charge on any atom is -0.478 e. The molecule has 104 valence electrons. The molecule has 0 heterocycles. The number of aliphatic carboxylic acids is 1. The predicted octanol–water partition coefficient (Wildman–Crippen LogP) is 3.64. The van der Waals surface area contributed by atoms with Crippen LogP contribution in [0.25, 0.3) is 0 Å². The summed E-state index contributed by atoms with van der Waals surface area (Å²) in [5, 5.41) is 8.91. The van der Waals surface area contributed by atoms with E-state index in [0.717, 1.165) is 12.8 Å². The lowest BCUT2D eigenvalue weighted by Gasteiger charge is -2.38. The van der Waals surface area contributed by atoms with Gasteiger partial charge in [0.25, 0.3) is 0 Å². The van der Waals surface area contributed by atoms with E-state index in [-0.39, 0.29) is 6.10 Å². The van der Waals surface area contributed by atoms with E-state index in [1.54, 1.807) is 6.08 Å². The van der Waals surface area contributed by atoms with Gasteiger partial charge in [-0.2, -0.15) is 0 Å². The minimum absolute atomic E-state index is 0.270. The lowest BCUT2D eigenvalue weighted by atomic mass is 9.71. The van der Waals surface area contributed by atoms with Crippen LogP contribution in [0.15, 0.2) is 11.6 Å². The Kier molecular flexibility index (Phi) is 5.39. The van der Waals surface area contributed by atoms with Crippen LogP contribution in [0.5, 0.6) is 0 Å². The third-order valence-corrected chi connectivity index (χ3v) is 3.66. The fourth-order valence-corrected chi connectivity index (χ4v) is 3.05. The first-order chi connectivity index (χ1) is 8.34. The van der Waals surface area contributed by atoms with E-state index in [4.69, 9.17) is 9.84 Å². The van der Waals surface area contributed by atoms with Gasteiger partial charge in [0.15, 0.2) is 0 Å². The molecule has 1 fully saturated rings. The van der Waals surface area contributed by atoms with Gasteiger partial charge in [0.2, 0.25) is 0 Å². The smallest absolute Gasteiger partial charge is 0.331 e. The average molecular weight is 254 g/mol. The normalized spacial score (nSPS) is 28.1. The summed E-state index contributed by atoms with van der Waals surface area (Å²) in [5.74, 6) is -0.147. The number of carbonyl (C=O) groups is 1. The SMILES string of the molecule is CCC(=CCOC1CC(C)CC(C)(C)C1)C(=O)O. The van der Waals surface area contributed by atoms with Gasteiger partial charge in [-0.1, -0.05) is 27.7 Å². The third kappa shape index (κ3) is 4.81. The van der Waals surface area contributed by atoms with Gasteiger partial charge in [-0.3, -0.25) is 0 Å². The molecular weight excluding hydrogens is 228 g/mol. The predicted molar refractivity (Wildman–Crippen MR) is 72.5 cm³/mol. The van der Waals surface area contributed by atoms with Crippen LogP contribution < -0.4 is 0 Å². The van der Waals surface area contributed by atoms with Gasteiger partial charge >= 0.3 is 5.97 Å². The molecule has 1 rings (SSSR count). The Balaban J connectivity index is 2.46. The Morgan fingerprint density at radius 2 is 2.11 bits per heavy atom. The van der Waals surface area contributed by atoms with Crippen LogP contribution in [0.3, 0.4) is 0 Å². The standard InChI is InChI=1S/C15H26O3/c1-5-12(14(16)17)6-7-18-13-8-11(2)9-15(3,4)10-13/h6,11,13H,5,7-10H2,1-4H3,(H,16,17). The first-order valence-corrected chi connectivity index (χ1v) is 6.88. The van der Waals surface area contributed by atoms with Gasteiger partial charge in [0, 0.05) is 5.57 Å². The molecule has 0 aromatic heterocycles. The van der Waals surface area contributed by atoms with Crippen LogP contribution in [0.2, 0.25) is 0 Å². The van der Waals surface area contributed by atoms with Crippen molar-refractivity contribution in [3.05, 3.63) is 11.6 Å². The number of rotatable bonds is 5. The van der Waals surface area contributed by atoms with E-state index < -0.39 is 5.97 Å². The Labute approximate surface area is 110 Å². The van der Waals surface area contributed by atoms with Crippen LogP contribution in [0, 0.1) is 11.3 Å². The number of hydrogen-bond donors (Lipinski definition) is 1. The monoisotopic (exact) mass is 254 g/mol. The summed E-state index contributed by atoms with van der Waals surface area (Å²) < 4.78 is 5.83. The molecule has 18 heavy (non-hydrogen) atoms. The molecule has 1 aliphatic carbocycles. The highest BCUT2D eigenvalue weighted by Gasteiger charge is 2.32. The fraction of sp³-hybridized carbons (Fsp3) is 0.800. The largest absolute Gasteiger partial charge is 0.478 e. The van der Waals surface area contributed by atoms with Crippen molar-refractivity contribution in [1.82, 2.24) is 0 Å². The van der Waals surface area contributed by atoms with E-state index in [1.165, 1.54) is 6.42 Å². The van der Waals surface area contributed by atoms with E-state index >= 15 is 0 Å². The molecule has 2 unspecified atom stereocenters. The molecule has 0 bridgehead atoms. The highest BCUT2D eigenvalue weighted by Crippen LogP contribution is 2.39. The lowest BCUT2D eigenvalue weighted by molar-refractivity contribution is -0.132. The quantitative estimate of drug-likeness (QED) is 0.762. The zero-order valence-electron chi connectivity index (χ0n) is 12.0. The van der Waals surface area contributed by atoms with Crippen LogP contribution in [-0.4, -0.2) is 23.8 Å². The van der Waals surface area contributed by atoms with Crippen molar-refractivity contribution in [1.29, 1.82) is 0 Å². The molecule has 0 spiro atoms. The second kappa shape index (κ2) is 6.37. The summed E-state index contributed by atoms with van der Waals surface area (Å²) >= 11 is 0. The van der Waals surface area contributed by atoms with Crippen LogP contribution in [0.4, 0.5) is 0 Å². The summed E-state index contributed by atoms with van der Waals surface area (Å²) in [6, 6.07) is 0. The lowest BCUT2D eigenvalue weighted by Crippen LogP contribution is -2.32. The van der Waals surface area contributed by atoms with Crippen LogP contribution in [-0.2, 0) is 9.53 Å². The molecule has 1 aliphatic rings. The highest BCUT2D eigenvalue weighted by molar-refractivity contribution is 5.86. The molecule has 0 saturated heterocycles. The maximum atomic E-state index is 10.8. The number of carboxylic acids is 1. The van der Waals surface area contributed by atoms with Crippen molar-refractivity contribution >= 4 is 5.97 Å². The Morgan fingerprint density at radius 1 is 1.44 bits per heavy atom. The van der Waals surface area contributed by atoms with Crippen LogP contribution in [0.1, 0.15) is 53.4 Å². The number of carboxylic acid groups (broad SMARTS) is 1. The van der Waals surface area contributed by atoms with Crippen LogP contribution >= 0.6 is 0 Å². The van der Waals surface area contributed by atoms with Crippen molar-refractivity contribution in [3.8, 4) is 0 Å². The molecule has 0 amide bonds. The molecule has 0 aromatic rings. The molecule has 3 nitrogen and oxygen atoms in total. The molecule has 2 atom stereocenters. The van der Waals surface area contributed by atoms with Gasteiger partial charge in [0.05, 0.1) is 12.7 Å². The fourth-order valence-electron chi connectivity index (χ4n) is 3.05. The van der Waals surface area contributed by atoms with Gasteiger partial charge in [-0.15, -0.1) is 0 Å².